The summed E-state index contributed by atoms with van der Waals surface area (Å²) in [5.74, 6) is 2.77. The van der Waals surface area contributed by atoms with Gasteiger partial charge in [-0.25, -0.2) is 0 Å². The van der Waals surface area contributed by atoms with Gasteiger partial charge in [0.2, 0.25) is 5.75 Å². The van der Waals surface area contributed by atoms with Crippen LogP contribution in [0.15, 0.2) is 12.1 Å². The van der Waals surface area contributed by atoms with Crippen molar-refractivity contribution in [3.8, 4) is 17.2 Å². The van der Waals surface area contributed by atoms with E-state index in [2.05, 4.69) is 16.7 Å². The molecule has 2 fully saturated rings. The van der Waals surface area contributed by atoms with Gasteiger partial charge in [0.1, 0.15) is 0 Å². The lowest BCUT2D eigenvalue weighted by Crippen LogP contribution is -2.51. The zero-order valence-corrected chi connectivity index (χ0v) is 17.4. The van der Waals surface area contributed by atoms with E-state index in [1.807, 2.05) is 6.07 Å². The highest BCUT2D eigenvalue weighted by molar-refractivity contribution is 5.85. The van der Waals surface area contributed by atoms with E-state index < -0.39 is 0 Å². The van der Waals surface area contributed by atoms with Crippen LogP contribution in [-0.4, -0.2) is 59.7 Å². The van der Waals surface area contributed by atoms with Gasteiger partial charge in [0.15, 0.2) is 11.5 Å². The molecule has 1 saturated heterocycles. The maximum atomic E-state index is 5.66. The molecule has 3 unspecified atom stereocenters. The van der Waals surface area contributed by atoms with Gasteiger partial charge in [0.25, 0.3) is 0 Å². The van der Waals surface area contributed by atoms with Crippen LogP contribution >= 0.6 is 12.4 Å². The lowest BCUT2D eigenvalue weighted by Gasteiger charge is -2.33. The van der Waals surface area contributed by atoms with Gasteiger partial charge in [-0.1, -0.05) is 12.5 Å². The first-order valence-electron chi connectivity index (χ1n) is 9.60. The molecule has 27 heavy (non-hydrogen) atoms. The summed E-state index contributed by atoms with van der Waals surface area (Å²) in [6.07, 6.45) is 4.70. The van der Waals surface area contributed by atoms with Crippen molar-refractivity contribution in [3.63, 3.8) is 0 Å². The number of benzene rings is 1. The molecule has 1 aliphatic carbocycles. The molecule has 7 heteroatoms. The van der Waals surface area contributed by atoms with Gasteiger partial charge in [-0.2, -0.15) is 0 Å². The molecular weight excluding hydrogens is 368 g/mol. The Morgan fingerprint density at radius 2 is 1.93 bits per heavy atom. The Labute approximate surface area is 168 Å². The molecule has 0 amide bonds. The van der Waals surface area contributed by atoms with Crippen molar-refractivity contribution < 1.29 is 18.9 Å². The molecule has 1 aromatic rings. The number of methoxy groups -OCH3 is 3. The van der Waals surface area contributed by atoms with E-state index in [9.17, 15) is 0 Å². The summed E-state index contributed by atoms with van der Waals surface area (Å²) >= 11 is 0. The van der Waals surface area contributed by atoms with E-state index in [0.717, 1.165) is 44.0 Å². The second-order valence-electron chi connectivity index (χ2n) is 7.03. The number of ether oxygens (including phenoxy) is 4. The van der Waals surface area contributed by atoms with Crippen LogP contribution in [0, 0.1) is 5.92 Å². The van der Waals surface area contributed by atoms with Gasteiger partial charge >= 0.3 is 0 Å². The molecule has 1 saturated carbocycles. The number of nitrogens with one attached hydrogen (secondary N) is 2. The van der Waals surface area contributed by atoms with Crippen LogP contribution in [0.2, 0.25) is 0 Å². The van der Waals surface area contributed by atoms with Crippen LogP contribution in [-0.2, 0) is 11.2 Å². The Bertz CT molecular complexity index is 581. The normalized spacial score (nSPS) is 24.9. The summed E-state index contributed by atoms with van der Waals surface area (Å²) in [6, 6.07) is 5.04. The topological polar surface area (TPSA) is 61.0 Å². The van der Waals surface area contributed by atoms with Crippen molar-refractivity contribution >= 4 is 12.4 Å². The first-order chi connectivity index (χ1) is 12.8. The van der Waals surface area contributed by atoms with E-state index in [4.69, 9.17) is 18.9 Å². The third-order valence-corrected chi connectivity index (χ3v) is 5.62. The summed E-state index contributed by atoms with van der Waals surface area (Å²) in [6.45, 7) is 3.56. The van der Waals surface area contributed by atoms with Crippen LogP contribution in [0.4, 0.5) is 0 Å². The average molecular weight is 401 g/mol. The molecule has 3 atom stereocenters. The fourth-order valence-electron chi connectivity index (χ4n) is 4.34. The van der Waals surface area contributed by atoms with E-state index >= 15 is 0 Å². The number of rotatable bonds is 8. The Kier molecular flexibility index (Phi) is 8.96. The Morgan fingerprint density at radius 3 is 2.59 bits per heavy atom. The SMILES string of the molecule is COc1ccc(CCNC2CCCC2C2COCCN2)c(OC)c1OC.Cl. The summed E-state index contributed by atoms with van der Waals surface area (Å²) < 4.78 is 22.1. The minimum absolute atomic E-state index is 0. The predicted molar refractivity (Wildman–Crippen MR) is 109 cm³/mol. The maximum absolute atomic E-state index is 5.66. The Morgan fingerprint density at radius 1 is 1.11 bits per heavy atom. The van der Waals surface area contributed by atoms with E-state index in [-0.39, 0.29) is 12.4 Å². The molecule has 1 heterocycles. The number of hydrogen-bond acceptors (Lipinski definition) is 6. The van der Waals surface area contributed by atoms with Crippen molar-refractivity contribution in [1.29, 1.82) is 0 Å². The van der Waals surface area contributed by atoms with E-state index in [1.54, 1.807) is 21.3 Å². The minimum atomic E-state index is 0. The van der Waals surface area contributed by atoms with Gasteiger partial charge in [-0.3, -0.25) is 0 Å². The third-order valence-electron chi connectivity index (χ3n) is 5.62. The van der Waals surface area contributed by atoms with Crippen molar-refractivity contribution in [2.45, 2.75) is 37.8 Å². The summed E-state index contributed by atoms with van der Waals surface area (Å²) in [4.78, 5) is 0. The van der Waals surface area contributed by atoms with Crippen molar-refractivity contribution in [2.75, 3.05) is 47.6 Å². The molecule has 0 radical (unpaired) electrons. The number of morpholine rings is 1. The van der Waals surface area contributed by atoms with Crippen molar-refractivity contribution in [3.05, 3.63) is 17.7 Å². The molecule has 154 valence electrons. The van der Waals surface area contributed by atoms with Crippen molar-refractivity contribution in [1.82, 2.24) is 10.6 Å². The highest BCUT2D eigenvalue weighted by atomic mass is 35.5. The first kappa shape index (κ1) is 22.1. The maximum Gasteiger partial charge on any atom is 0.203 e. The predicted octanol–water partition coefficient (Wildman–Crippen LogP) is 2.42. The highest BCUT2D eigenvalue weighted by Crippen LogP contribution is 2.40. The van der Waals surface area contributed by atoms with E-state index in [1.165, 1.54) is 19.3 Å². The molecular formula is C20H33ClN2O4. The summed E-state index contributed by atoms with van der Waals surface area (Å²) in [5.41, 5.74) is 1.13. The van der Waals surface area contributed by atoms with Crippen LogP contribution in [0.25, 0.3) is 0 Å². The summed E-state index contributed by atoms with van der Waals surface area (Å²) in [5, 5.41) is 7.40. The van der Waals surface area contributed by atoms with Gasteiger partial charge in [0, 0.05) is 18.6 Å². The minimum Gasteiger partial charge on any atom is -0.493 e. The van der Waals surface area contributed by atoms with Crippen LogP contribution in [0.5, 0.6) is 17.2 Å². The lowest BCUT2D eigenvalue weighted by atomic mass is 9.94. The standard InChI is InChI=1S/C20H32N2O4.ClH/c1-23-18-8-7-14(19(24-2)20(18)25-3)9-10-21-16-6-4-5-15(16)17-13-26-12-11-22-17;/h7-8,15-17,21-22H,4-6,9-13H2,1-3H3;1H. The molecule has 1 aromatic carbocycles. The smallest absolute Gasteiger partial charge is 0.203 e. The van der Waals surface area contributed by atoms with Crippen LogP contribution in [0.1, 0.15) is 24.8 Å². The van der Waals surface area contributed by atoms with Crippen LogP contribution < -0.4 is 24.8 Å². The Hall–Kier alpha value is -1.21. The summed E-state index contributed by atoms with van der Waals surface area (Å²) in [7, 11) is 4.96. The fourth-order valence-corrected chi connectivity index (χ4v) is 4.34. The molecule has 2 aliphatic rings. The molecule has 0 spiro atoms. The number of halogens is 1. The monoisotopic (exact) mass is 400 g/mol. The zero-order chi connectivity index (χ0) is 18.4. The fraction of sp³-hybridized carbons (Fsp3) is 0.700. The quantitative estimate of drug-likeness (QED) is 0.698. The van der Waals surface area contributed by atoms with Gasteiger partial charge in [0.05, 0.1) is 34.5 Å². The molecule has 6 nitrogen and oxygen atoms in total. The zero-order valence-electron chi connectivity index (χ0n) is 16.6. The van der Waals surface area contributed by atoms with E-state index in [0.29, 0.717) is 29.5 Å². The second kappa shape index (κ2) is 11.0. The largest absolute Gasteiger partial charge is 0.493 e. The third kappa shape index (κ3) is 5.19. The lowest BCUT2D eigenvalue weighted by molar-refractivity contribution is 0.0526. The van der Waals surface area contributed by atoms with Gasteiger partial charge in [-0.15, -0.1) is 12.4 Å². The molecule has 0 aromatic heterocycles. The molecule has 1 aliphatic heterocycles. The Balaban J connectivity index is 0.00000261. The molecule has 2 N–H and O–H groups in total. The van der Waals surface area contributed by atoms with Crippen molar-refractivity contribution in [2.24, 2.45) is 5.92 Å². The van der Waals surface area contributed by atoms with Crippen LogP contribution in [0.3, 0.4) is 0 Å². The molecule has 0 bridgehead atoms. The van der Waals surface area contributed by atoms with Gasteiger partial charge < -0.3 is 29.6 Å². The first-order valence-corrected chi connectivity index (χ1v) is 9.60. The molecule has 3 rings (SSSR count). The average Bonchev–Trinajstić information content (AvgIpc) is 3.16. The highest BCUT2D eigenvalue weighted by Gasteiger charge is 2.34. The van der Waals surface area contributed by atoms with Gasteiger partial charge in [-0.05, 0) is 43.4 Å². The number of hydrogen-bond donors (Lipinski definition) is 2. The second-order valence-corrected chi connectivity index (χ2v) is 7.03.